The highest BCUT2D eigenvalue weighted by Crippen LogP contribution is 2.39. The lowest BCUT2D eigenvalue weighted by Gasteiger charge is -2.16. The van der Waals surface area contributed by atoms with Crippen LogP contribution >= 0.6 is 23.2 Å². The average Bonchev–Trinajstić information content (AvgIpc) is 2.82. The minimum absolute atomic E-state index is 0.0512. The van der Waals surface area contributed by atoms with E-state index in [-0.39, 0.29) is 29.5 Å². The van der Waals surface area contributed by atoms with Crippen molar-refractivity contribution < 1.29 is 28.5 Å². The van der Waals surface area contributed by atoms with Crippen molar-refractivity contribution in [1.29, 1.82) is 0 Å². The van der Waals surface area contributed by atoms with Crippen LogP contribution in [0, 0.1) is 0 Å². The second-order valence-corrected chi connectivity index (χ2v) is 7.35. The van der Waals surface area contributed by atoms with Crippen molar-refractivity contribution in [1.82, 2.24) is 0 Å². The van der Waals surface area contributed by atoms with Crippen LogP contribution in [0.5, 0.6) is 23.0 Å². The third kappa shape index (κ3) is 5.72. The molecule has 6 nitrogen and oxygen atoms in total. The van der Waals surface area contributed by atoms with Crippen molar-refractivity contribution in [2.75, 3.05) is 14.2 Å². The maximum atomic E-state index is 12.1. The quantitative estimate of drug-likeness (QED) is 0.220. The second kappa shape index (κ2) is 10.9. The zero-order valence-electron chi connectivity index (χ0n) is 17.4. The monoisotopic (exact) mass is 474 g/mol. The van der Waals surface area contributed by atoms with Gasteiger partial charge in [0, 0.05) is 5.56 Å². The smallest absolute Gasteiger partial charge is 0.293 e. The van der Waals surface area contributed by atoms with E-state index in [2.05, 4.69) is 0 Å². The summed E-state index contributed by atoms with van der Waals surface area (Å²) in [6.45, 7) is 0.371. The Morgan fingerprint density at radius 3 is 1.72 bits per heavy atom. The summed E-state index contributed by atoms with van der Waals surface area (Å²) in [6.07, 6.45) is 0. The molecule has 0 atom stereocenters. The van der Waals surface area contributed by atoms with Gasteiger partial charge >= 0.3 is 0 Å². The van der Waals surface area contributed by atoms with Gasteiger partial charge in [0.25, 0.3) is 5.24 Å². The van der Waals surface area contributed by atoms with Crippen molar-refractivity contribution in [3.05, 3.63) is 82.4 Å². The first-order valence-corrected chi connectivity index (χ1v) is 10.3. The summed E-state index contributed by atoms with van der Waals surface area (Å²) in [4.78, 5) is 23.5. The van der Waals surface area contributed by atoms with Gasteiger partial charge in [0.05, 0.1) is 19.2 Å². The van der Waals surface area contributed by atoms with E-state index < -0.39 is 11.0 Å². The fourth-order valence-electron chi connectivity index (χ4n) is 2.83. The Morgan fingerprint density at radius 2 is 1.25 bits per heavy atom. The van der Waals surface area contributed by atoms with Crippen LogP contribution in [0.25, 0.3) is 0 Å². The van der Waals surface area contributed by atoms with Crippen LogP contribution < -0.4 is 18.9 Å². The Kier molecular flexibility index (Phi) is 7.98. The molecule has 3 aromatic rings. The van der Waals surface area contributed by atoms with Gasteiger partial charge in [-0.05, 0) is 59.1 Å². The van der Waals surface area contributed by atoms with Gasteiger partial charge in [-0.1, -0.05) is 35.9 Å². The van der Waals surface area contributed by atoms with Crippen molar-refractivity contribution >= 4 is 34.2 Å². The summed E-state index contributed by atoms with van der Waals surface area (Å²) in [5.41, 5.74) is 1.67. The van der Waals surface area contributed by atoms with Gasteiger partial charge in [0.1, 0.15) is 24.7 Å². The molecule has 0 N–H and O–H groups in total. The second-order valence-electron chi connectivity index (χ2n) is 6.63. The van der Waals surface area contributed by atoms with Crippen LogP contribution in [-0.2, 0) is 18.0 Å². The van der Waals surface area contributed by atoms with Crippen LogP contribution in [0.3, 0.4) is 0 Å². The number of Topliss-reactive ketones (excluding diaryl/α,β-unsaturated/α-hetero) is 1. The summed E-state index contributed by atoms with van der Waals surface area (Å²) in [7, 11) is 3.17. The molecule has 8 heteroatoms. The Morgan fingerprint density at radius 1 is 0.750 bits per heavy atom. The van der Waals surface area contributed by atoms with E-state index in [0.29, 0.717) is 11.5 Å². The lowest BCUT2D eigenvalue weighted by atomic mass is 10.1. The minimum Gasteiger partial charge on any atom is -0.497 e. The molecule has 0 aliphatic carbocycles. The topological polar surface area (TPSA) is 71.1 Å². The zero-order chi connectivity index (χ0) is 23.1. The summed E-state index contributed by atoms with van der Waals surface area (Å²) in [6, 6.07) is 17.5. The van der Waals surface area contributed by atoms with E-state index in [9.17, 15) is 9.59 Å². The normalized spacial score (nSPS) is 10.4. The highest BCUT2D eigenvalue weighted by atomic mass is 35.5. The van der Waals surface area contributed by atoms with E-state index in [0.717, 1.165) is 16.9 Å². The Labute approximate surface area is 195 Å². The Bertz CT molecular complexity index is 1090. The summed E-state index contributed by atoms with van der Waals surface area (Å²) in [5.74, 6) is 0.975. The van der Waals surface area contributed by atoms with E-state index in [1.165, 1.54) is 12.1 Å². The van der Waals surface area contributed by atoms with Gasteiger partial charge in [-0.3, -0.25) is 9.59 Å². The molecule has 0 saturated carbocycles. The predicted octanol–water partition coefficient (Wildman–Crippen LogP) is 5.46. The Hall–Kier alpha value is -3.22. The molecule has 0 amide bonds. The first-order valence-electron chi connectivity index (χ1n) is 9.51. The highest BCUT2D eigenvalue weighted by molar-refractivity contribution is 6.83. The molecule has 166 valence electrons. The van der Waals surface area contributed by atoms with Crippen molar-refractivity contribution in [2.45, 2.75) is 13.2 Å². The molecule has 3 rings (SSSR count). The van der Waals surface area contributed by atoms with Gasteiger partial charge in [-0.25, -0.2) is 0 Å². The molecule has 0 spiro atoms. The summed E-state index contributed by atoms with van der Waals surface area (Å²) < 4.78 is 22.1. The van der Waals surface area contributed by atoms with Gasteiger partial charge in [0.2, 0.25) is 5.78 Å². The molecule has 0 saturated heterocycles. The first kappa shape index (κ1) is 23.4. The Balaban J connectivity index is 1.85. The van der Waals surface area contributed by atoms with Crippen LogP contribution in [0.1, 0.15) is 21.5 Å². The molecule has 0 aliphatic rings. The van der Waals surface area contributed by atoms with E-state index in [1.54, 1.807) is 26.4 Å². The fraction of sp³-hybridized carbons (Fsp3) is 0.167. The van der Waals surface area contributed by atoms with E-state index in [4.69, 9.17) is 42.1 Å². The summed E-state index contributed by atoms with van der Waals surface area (Å²) >= 11 is 11.8. The third-order valence-corrected chi connectivity index (χ3v) is 5.13. The molecule has 3 aromatic carbocycles. The van der Waals surface area contributed by atoms with Gasteiger partial charge in [-0.15, -0.1) is 0 Å². The molecular formula is C24H20Cl2O6. The number of ether oxygens (including phenoxy) is 4. The molecule has 0 bridgehead atoms. The van der Waals surface area contributed by atoms with Crippen molar-refractivity contribution in [2.24, 2.45) is 0 Å². The third-order valence-electron chi connectivity index (χ3n) is 4.58. The molecule has 0 heterocycles. The average molecular weight is 475 g/mol. The number of hydrogen-bond acceptors (Lipinski definition) is 6. The lowest BCUT2D eigenvalue weighted by Crippen LogP contribution is -2.10. The van der Waals surface area contributed by atoms with Crippen LogP contribution in [0.15, 0.2) is 60.7 Å². The van der Waals surface area contributed by atoms with Crippen molar-refractivity contribution in [3.8, 4) is 23.0 Å². The van der Waals surface area contributed by atoms with Gasteiger partial charge < -0.3 is 18.9 Å². The standard InChI is InChI=1S/C24H20Cl2O6/c1-29-17-7-3-15(4-8-17)13-31-20-12-11-19(22(27)24(26)28)21(25)23(20)32-14-16-5-9-18(30-2)10-6-16/h3-12H,13-14H2,1-2H3. The van der Waals surface area contributed by atoms with Gasteiger partial charge in [0.15, 0.2) is 11.5 Å². The first-order chi connectivity index (χ1) is 15.4. The van der Waals surface area contributed by atoms with E-state index in [1.807, 2.05) is 36.4 Å². The van der Waals surface area contributed by atoms with E-state index >= 15 is 0 Å². The van der Waals surface area contributed by atoms with Crippen LogP contribution in [0.4, 0.5) is 0 Å². The molecular weight excluding hydrogens is 455 g/mol. The zero-order valence-corrected chi connectivity index (χ0v) is 18.9. The highest BCUT2D eigenvalue weighted by Gasteiger charge is 2.23. The SMILES string of the molecule is COc1ccc(COc2ccc(C(=O)C(=O)Cl)c(Cl)c2OCc2ccc(OC)cc2)cc1. The number of carbonyl (C=O) groups is 2. The predicted molar refractivity (Wildman–Crippen MR) is 121 cm³/mol. The number of carbonyl (C=O) groups excluding carboxylic acids is 2. The number of hydrogen-bond donors (Lipinski definition) is 0. The number of ketones is 1. The number of benzene rings is 3. The molecule has 0 aliphatic heterocycles. The minimum atomic E-state index is -1.14. The lowest BCUT2D eigenvalue weighted by molar-refractivity contribution is -0.108. The molecule has 0 unspecified atom stereocenters. The number of methoxy groups -OCH3 is 2. The number of rotatable bonds is 10. The maximum absolute atomic E-state index is 12.1. The van der Waals surface area contributed by atoms with Gasteiger partial charge in [-0.2, -0.15) is 0 Å². The maximum Gasteiger partial charge on any atom is 0.293 e. The molecule has 0 aromatic heterocycles. The molecule has 32 heavy (non-hydrogen) atoms. The van der Waals surface area contributed by atoms with Crippen LogP contribution in [0.2, 0.25) is 5.02 Å². The molecule has 0 fully saturated rings. The summed E-state index contributed by atoms with van der Waals surface area (Å²) in [5, 5.41) is -1.19. The molecule has 0 radical (unpaired) electrons. The fourth-order valence-corrected chi connectivity index (χ4v) is 3.23. The van der Waals surface area contributed by atoms with Crippen molar-refractivity contribution in [3.63, 3.8) is 0 Å². The van der Waals surface area contributed by atoms with Crippen LogP contribution in [-0.4, -0.2) is 25.2 Å². The number of halogens is 2. The largest absolute Gasteiger partial charge is 0.497 e.